The van der Waals surface area contributed by atoms with E-state index in [1.165, 1.54) is 13.8 Å². The van der Waals surface area contributed by atoms with Crippen molar-refractivity contribution in [3.8, 4) is 6.07 Å². The fraction of sp³-hybridized carbons (Fsp3) is 0.731. The zero-order valence-electron chi connectivity index (χ0n) is 27.1. The van der Waals surface area contributed by atoms with Crippen molar-refractivity contribution in [1.29, 1.82) is 5.26 Å². The average Bonchev–Trinajstić information content (AvgIpc) is 2.92. The molecule has 0 aliphatic heterocycles. The first-order valence-electron chi connectivity index (χ1n) is 12.2. The predicted octanol–water partition coefficient (Wildman–Crippen LogP) is 3.84. The van der Waals surface area contributed by atoms with Crippen LogP contribution in [-0.2, 0) is 99.0 Å². The summed E-state index contributed by atoms with van der Waals surface area (Å²) in [6, 6.07) is 1.75. The number of aliphatic hydroxyl groups is 3. The Bertz CT molecular complexity index is 462. The molecule has 0 atom stereocenters. The molecule has 5 N–H and O–H groups in total. The van der Waals surface area contributed by atoms with Crippen LogP contribution in [0.4, 0.5) is 0 Å². The number of hydrogen-bond acceptors (Lipinski definition) is 12. The molecule has 0 heterocycles. The molecular weight excluding hydrogens is 696 g/mol. The van der Waals surface area contributed by atoms with Gasteiger partial charge >= 0.3 is 17.9 Å². The van der Waals surface area contributed by atoms with E-state index in [0.29, 0.717) is 6.61 Å². The van der Waals surface area contributed by atoms with E-state index in [1.54, 1.807) is 40.7 Å². The molecule has 0 saturated carbocycles. The summed E-state index contributed by atoms with van der Waals surface area (Å²) >= 11 is 0. The van der Waals surface area contributed by atoms with E-state index in [0.717, 1.165) is 26.9 Å². The van der Waals surface area contributed by atoms with Crippen molar-refractivity contribution in [3.63, 3.8) is 0 Å². The normalized spacial score (nSPS) is 6.66. The van der Waals surface area contributed by atoms with Gasteiger partial charge in [0, 0.05) is 106 Å². The van der Waals surface area contributed by atoms with Gasteiger partial charge in [0.2, 0.25) is 0 Å². The van der Waals surface area contributed by atoms with Crippen molar-refractivity contribution in [2.45, 2.75) is 88.5 Å². The van der Waals surface area contributed by atoms with Crippen LogP contribution in [0.25, 0.3) is 0 Å². The van der Waals surface area contributed by atoms with Gasteiger partial charge in [-0.25, -0.2) is 4.79 Å². The van der Waals surface area contributed by atoms with E-state index < -0.39 is 29.8 Å². The zero-order chi connectivity index (χ0) is 33.7. The molecule has 13 nitrogen and oxygen atoms in total. The van der Waals surface area contributed by atoms with Crippen LogP contribution < -0.4 is 0 Å². The monoisotopic (exact) mass is 753 g/mol. The second-order valence-electron chi connectivity index (χ2n) is 5.33. The Morgan fingerprint density at radius 1 is 0.878 bits per heavy atom. The number of esters is 2. The topological polar surface area (TPSA) is 221 Å². The molecule has 0 fully saturated rings. The number of aliphatic carboxylic acids is 1. The van der Waals surface area contributed by atoms with E-state index in [-0.39, 0.29) is 91.7 Å². The third-order valence-corrected chi connectivity index (χ3v) is 1.89. The summed E-state index contributed by atoms with van der Waals surface area (Å²) in [4.78, 5) is 43.8. The predicted molar refractivity (Wildman–Crippen MR) is 151 cm³/mol. The molecular formula is C26H57NO12Y2-2. The van der Waals surface area contributed by atoms with Gasteiger partial charge in [0.05, 0.1) is 19.3 Å². The van der Waals surface area contributed by atoms with Crippen molar-refractivity contribution in [2.75, 3.05) is 33.5 Å². The zero-order valence-corrected chi connectivity index (χ0v) is 32.8. The molecule has 0 bridgehead atoms. The van der Waals surface area contributed by atoms with Crippen LogP contribution in [0.3, 0.4) is 0 Å². The van der Waals surface area contributed by atoms with E-state index in [2.05, 4.69) is 28.2 Å². The summed E-state index contributed by atoms with van der Waals surface area (Å²) < 4.78 is 9.26. The van der Waals surface area contributed by atoms with Crippen molar-refractivity contribution in [2.24, 2.45) is 5.92 Å². The number of carbonyl (C=O) groups excluding carboxylic acids is 3. The number of carboxylic acids is 1. The van der Waals surface area contributed by atoms with Gasteiger partial charge in [0.15, 0.2) is 5.92 Å². The van der Waals surface area contributed by atoms with E-state index in [1.807, 2.05) is 13.8 Å². The number of carboxylic acid groups (broad SMARTS) is 1. The smallest absolute Gasteiger partial charge is 0.341 e. The molecule has 0 spiro atoms. The van der Waals surface area contributed by atoms with Crippen LogP contribution in [0.2, 0.25) is 0 Å². The van der Waals surface area contributed by atoms with Gasteiger partial charge in [-0.05, 0) is 34.1 Å². The van der Waals surface area contributed by atoms with Crippen molar-refractivity contribution >= 4 is 23.9 Å². The van der Waals surface area contributed by atoms with Crippen molar-refractivity contribution < 1.29 is 125 Å². The standard InChI is InChI=1S/C8H14O4.C3H6O3.C3H8O.C3H7.C2H3N.C2H4O2.C2H6O.C2H5.CH4O.2Y/c1-4-11-7(9)6(3)8(10)12-5-2;1-2-3(4)6-5;1-2-3-4;1-3-2;1-2-3;1-2(3)4;1-2-3;2*1-2;;/h6H,4-5H2,1-3H3;5H,2H2,1H3;4H,2-3H2,1H3;1,3H2,2H3;1H3;1H3,(H,3,4);3H,2H2,1H3;1H2,2H3;2H,1H3;;/q;;;-1;;;;-1;;;. The fourth-order valence-electron chi connectivity index (χ4n) is 0.695. The Morgan fingerprint density at radius 3 is 1.15 bits per heavy atom. The van der Waals surface area contributed by atoms with Gasteiger partial charge in [-0.2, -0.15) is 23.9 Å². The minimum atomic E-state index is -0.833. The Kier molecular flexibility index (Phi) is 159. The van der Waals surface area contributed by atoms with Crippen LogP contribution in [0.15, 0.2) is 0 Å². The van der Waals surface area contributed by atoms with Gasteiger partial charge in [-0.1, -0.05) is 20.8 Å². The maximum absolute atomic E-state index is 10.9. The number of nitrogens with zero attached hydrogens (tertiary/aromatic N) is 1. The van der Waals surface area contributed by atoms with Crippen LogP contribution in [0.5, 0.6) is 0 Å². The molecule has 0 aromatic carbocycles. The Morgan fingerprint density at radius 2 is 1.07 bits per heavy atom. The molecule has 0 aromatic rings. The molecule has 0 aromatic heterocycles. The molecule has 15 heteroatoms. The Labute approximate surface area is 299 Å². The van der Waals surface area contributed by atoms with Crippen LogP contribution >= 0.6 is 0 Å². The van der Waals surface area contributed by atoms with Crippen molar-refractivity contribution in [3.05, 3.63) is 13.8 Å². The first-order chi connectivity index (χ1) is 18.3. The van der Waals surface area contributed by atoms with Gasteiger partial charge in [-0.3, -0.25) is 14.4 Å². The minimum absolute atomic E-state index is 0. The molecule has 0 aliphatic rings. The number of hydrogen-bond donors (Lipinski definition) is 5. The molecule has 0 rings (SSSR count). The van der Waals surface area contributed by atoms with E-state index >= 15 is 0 Å². The molecule has 0 aliphatic carbocycles. The first kappa shape index (κ1) is 72.6. The molecule has 0 saturated heterocycles. The number of ether oxygens (including phenoxy) is 2. The van der Waals surface area contributed by atoms with Gasteiger partial charge in [-0.15, -0.1) is 0 Å². The summed E-state index contributed by atoms with van der Waals surface area (Å²) in [5.41, 5.74) is 0. The largest absolute Gasteiger partial charge is 0.481 e. The van der Waals surface area contributed by atoms with Gasteiger partial charge in [0.25, 0.3) is 5.97 Å². The number of nitriles is 1. The van der Waals surface area contributed by atoms with E-state index in [9.17, 15) is 14.4 Å². The third kappa shape index (κ3) is 163. The number of aliphatic hydroxyl groups excluding tert-OH is 3. The van der Waals surface area contributed by atoms with E-state index in [4.69, 9.17) is 35.7 Å². The second-order valence-corrected chi connectivity index (χ2v) is 5.33. The summed E-state index contributed by atoms with van der Waals surface area (Å²) in [5, 5.41) is 44.7. The molecule has 0 amide bonds. The first-order valence-corrected chi connectivity index (χ1v) is 12.2. The van der Waals surface area contributed by atoms with Gasteiger partial charge < -0.3 is 48.6 Å². The molecule has 246 valence electrons. The number of rotatable bonds is 6. The van der Waals surface area contributed by atoms with Gasteiger partial charge in [0.1, 0.15) is 0 Å². The summed E-state index contributed by atoms with van der Waals surface area (Å²) in [6.45, 7) is 24.2. The third-order valence-electron chi connectivity index (χ3n) is 1.89. The molecule has 0 unspecified atom stereocenters. The second kappa shape index (κ2) is 90.0. The Balaban J connectivity index is -0.0000000298. The van der Waals surface area contributed by atoms with Crippen LogP contribution in [0.1, 0.15) is 88.5 Å². The maximum Gasteiger partial charge on any atom is 0.341 e. The fourth-order valence-corrected chi connectivity index (χ4v) is 0.695. The molecule has 41 heavy (non-hydrogen) atoms. The van der Waals surface area contributed by atoms with Crippen LogP contribution in [-0.4, -0.2) is 83.1 Å². The van der Waals surface area contributed by atoms with Crippen molar-refractivity contribution in [1.82, 2.24) is 0 Å². The Hall–Kier alpha value is -0.582. The maximum atomic E-state index is 10.9. The summed E-state index contributed by atoms with van der Waals surface area (Å²) in [7, 11) is 1.00. The van der Waals surface area contributed by atoms with Crippen LogP contribution in [0, 0.1) is 31.1 Å². The average molecular weight is 754 g/mol. The summed E-state index contributed by atoms with van der Waals surface area (Å²) in [6.07, 6.45) is 2.09. The SMILES string of the molecule is CC#N.CC(=O)O.CCC(=O)OO.CCCO.CCO.CCOC(=O)C(C)C(=O)OCC.CO.[CH2-]C.[CH2-]CC.[Y].[Y]. The number of carbonyl (C=O) groups is 4. The molecule has 2 radical (unpaired) electrons. The summed E-state index contributed by atoms with van der Waals surface area (Å²) in [5.74, 6) is -3.31. The minimum Gasteiger partial charge on any atom is -0.481 e. The quantitative estimate of drug-likeness (QED) is 0.0651.